The molecule has 0 aromatic heterocycles. The van der Waals surface area contributed by atoms with Crippen LogP contribution in [0.4, 0.5) is 5.69 Å². The number of halogens is 1. The van der Waals surface area contributed by atoms with Gasteiger partial charge in [0.15, 0.2) is 0 Å². The lowest BCUT2D eigenvalue weighted by atomic mass is 10.1. The molecule has 2 N–H and O–H groups in total. The molecule has 1 aliphatic carbocycles. The first-order valence-corrected chi connectivity index (χ1v) is 8.30. The predicted molar refractivity (Wildman–Crippen MR) is 93.8 cm³/mol. The first-order chi connectivity index (χ1) is 11.0. The van der Waals surface area contributed by atoms with Crippen molar-refractivity contribution in [3.63, 3.8) is 0 Å². The van der Waals surface area contributed by atoms with Gasteiger partial charge in [0.2, 0.25) is 0 Å². The molecule has 5 heteroatoms. The summed E-state index contributed by atoms with van der Waals surface area (Å²) in [5, 5.41) is 5.81. The molecule has 0 radical (unpaired) electrons. The van der Waals surface area contributed by atoms with Gasteiger partial charge >= 0.3 is 0 Å². The Hall–Kier alpha value is -2.14. The predicted octanol–water partition coefficient (Wildman–Crippen LogP) is 3.90. The van der Waals surface area contributed by atoms with E-state index < -0.39 is 0 Å². The molecule has 2 aromatic rings. The zero-order chi connectivity index (χ0) is 16.4. The number of hydrogen-bond acceptors (Lipinski definition) is 2. The minimum atomic E-state index is -0.190. The Balaban J connectivity index is 1.68. The molecule has 2 aromatic carbocycles. The van der Waals surface area contributed by atoms with E-state index in [4.69, 9.17) is 0 Å². The quantitative estimate of drug-likeness (QED) is 0.854. The molecule has 1 saturated carbocycles. The summed E-state index contributed by atoms with van der Waals surface area (Å²) in [7, 11) is 0. The van der Waals surface area contributed by atoms with Gasteiger partial charge in [-0.15, -0.1) is 0 Å². The third-order valence-electron chi connectivity index (χ3n) is 3.76. The SMILES string of the molecule is Cc1cc(Br)ccc1NC(=O)c1ccc(C(=O)NC2CC2)cc1. The van der Waals surface area contributed by atoms with Crippen molar-refractivity contribution in [3.8, 4) is 0 Å². The number of hydrogen-bond donors (Lipinski definition) is 2. The minimum absolute atomic E-state index is 0.0804. The smallest absolute Gasteiger partial charge is 0.255 e. The average molecular weight is 373 g/mol. The van der Waals surface area contributed by atoms with Crippen LogP contribution in [0.5, 0.6) is 0 Å². The summed E-state index contributed by atoms with van der Waals surface area (Å²) in [6, 6.07) is 12.7. The van der Waals surface area contributed by atoms with Gasteiger partial charge in [0.25, 0.3) is 11.8 Å². The molecule has 23 heavy (non-hydrogen) atoms. The first-order valence-electron chi connectivity index (χ1n) is 7.51. The van der Waals surface area contributed by atoms with Crippen molar-refractivity contribution in [2.45, 2.75) is 25.8 Å². The number of carbonyl (C=O) groups excluding carboxylic acids is 2. The Bertz CT molecular complexity index is 752. The zero-order valence-electron chi connectivity index (χ0n) is 12.7. The second-order valence-electron chi connectivity index (χ2n) is 5.74. The fraction of sp³-hybridized carbons (Fsp3) is 0.222. The first kappa shape index (κ1) is 15.7. The summed E-state index contributed by atoms with van der Waals surface area (Å²) >= 11 is 3.40. The highest BCUT2D eigenvalue weighted by atomic mass is 79.9. The van der Waals surface area contributed by atoms with E-state index in [1.54, 1.807) is 24.3 Å². The maximum Gasteiger partial charge on any atom is 0.255 e. The third-order valence-corrected chi connectivity index (χ3v) is 4.25. The summed E-state index contributed by atoms with van der Waals surface area (Å²) in [6.07, 6.45) is 2.11. The number of anilines is 1. The summed E-state index contributed by atoms with van der Waals surface area (Å²) in [5.74, 6) is -0.271. The van der Waals surface area contributed by atoms with Crippen LogP contribution >= 0.6 is 15.9 Å². The van der Waals surface area contributed by atoms with Crippen LogP contribution in [0, 0.1) is 6.92 Å². The molecule has 0 saturated heterocycles. The fourth-order valence-corrected chi connectivity index (χ4v) is 2.71. The number of benzene rings is 2. The molecule has 1 fully saturated rings. The van der Waals surface area contributed by atoms with Crippen LogP contribution < -0.4 is 10.6 Å². The number of amides is 2. The van der Waals surface area contributed by atoms with Crippen LogP contribution in [0.15, 0.2) is 46.9 Å². The van der Waals surface area contributed by atoms with Gasteiger partial charge in [0.1, 0.15) is 0 Å². The largest absolute Gasteiger partial charge is 0.349 e. The average Bonchev–Trinajstić information content (AvgIpc) is 3.34. The van der Waals surface area contributed by atoms with Gasteiger partial charge in [-0.1, -0.05) is 15.9 Å². The van der Waals surface area contributed by atoms with E-state index in [-0.39, 0.29) is 11.8 Å². The standard InChI is InChI=1S/C18H17BrN2O2/c1-11-10-14(19)6-9-16(11)21-18(23)13-4-2-12(3-5-13)17(22)20-15-7-8-15/h2-6,9-10,15H,7-8H2,1H3,(H,20,22)(H,21,23). The number of carbonyl (C=O) groups is 2. The van der Waals surface area contributed by atoms with Crippen LogP contribution in [0.2, 0.25) is 0 Å². The van der Waals surface area contributed by atoms with Crippen molar-refractivity contribution in [1.29, 1.82) is 0 Å². The highest BCUT2D eigenvalue weighted by molar-refractivity contribution is 9.10. The second kappa shape index (κ2) is 6.54. The van der Waals surface area contributed by atoms with E-state index in [2.05, 4.69) is 26.6 Å². The van der Waals surface area contributed by atoms with Gasteiger partial charge in [-0.25, -0.2) is 0 Å². The molecule has 0 bridgehead atoms. The number of nitrogens with one attached hydrogen (secondary N) is 2. The van der Waals surface area contributed by atoms with Gasteiger partial charge in [-0.2, -0.15) is 0 Å². The lowest BCUT2D eigenvalue weighted by molar-refractivity contribution is 0.0949. The van der Waals surface area contributed by atoms with Gasteiger partial charge < -0.3 is 10.6 Å². The summed E-state index contributed by atoms with van der Waals surface area (Å²) in [4.78, 5) is 24.2. The van der Waals surface area contributed by atoms with E-state index in [9.17, 15) is 9.59 Å². The van der Waals surface area contributed by atoms with Crippen molar-refractivity contribution in [2.75, 3.05) is 5.32 Å². The molecule has 2 amide bonds. The molecule has 0 heterocycles. The van der Waals surface area contributed by atoms with Crippen molar-refractivity contribution in [3.05, 3.63) is 63.6 Å². The Morgan fingerprint density at radius 1 is 1.00 bits per heavy atom. The molecular weight excluding hydrogens is 356 g/mol. The third kappa shape index (κ3) is 3.99. The van der Waals surface area contributed by atoms with Crippen molar-refractivity contribution >= 4 is 33.4 Å². The maximum atomic E-state index is 12.3. The Morgan fingerprint density at radius 3 is 2.17 bits per heavy atom. The number of rotatable bonds is 4. The second-order valence-corrected chi connectivity index (χ2v) is 6.65. The lowest BCUT2D eigenvalue weighted by Gasteiger charge is -2.09. The van der Waals surface area contributed by atoms with Gasteiger partial charge in [-0.05, 0) is 67.8 Å². The van der Waals surface area contributed by atoms with Crippen molar-refractivity contribution in [2.24, 2.45) is 0 Å². The van der Waals surface area contributed by atoms with E-state index in [0.29, 0.717) is 17.2 Å². The zero-order valence-corrected chi connectivity index (χ0v) is 14.3. The van der Waals surface area contributed by atoms with Crippen LogP contribution in [-0.4, -0.2) is 17.9 Å². The summed E-state index contributed by atoms with van der Waals surface area (Å²) in [5.41, 5.74) is 2.85. The number of aryl methyl sites for hydroxylation is 1. The molecule has 4 nitrogen and oxygen atoms in total. The highest BCUT2D eigenvalue weighted by Crippen LogP contribution is 2.21. The fourth-order valence-electron chi connectivity index (χ4n) is 2.23. The Kier molecular flexibility index (Phi) is 4.48. The van der Waals surface area contributed by atoms with Crippen LogP contribution in [0.1, 0.15) is 39.1 Å². The minimum Gasteiger partial charge on any atom is -0.349 e. The molecule has 0 aliphatic heterocycles. The van der Waals surface area contributed by atoms with Crippen molar-refractivity contribution < 1.29 is 9.59 Å². The Labute approximate surface area is 143 Å². The molecule has 118 valence electrons. The van der Waals surface area contributed by atoms with Crippen LogP contribution in [0.3, 0.4) is 0 Å². The van der Waals surface area contributed by atoms with E-state index in [1.807, 2.05) is 25.1 Å². The molecule has 0 unspecified atom stereocenters. The monoisotopic (exact) mass is 372 g/mol. The summed E-state index contributed by atoms with van der Waals surface area (Å²) in [6.45, 7) is 1.94. The van der Waals surface area contributed by atoms with E-state index >= 15 is 0 Å². The normalized spacial score (nSPS) is 13.5. The molecule has 0 spiro atoms. The van der Waals surface area contributed by atoms with Crippen LogP contribution in [-0.2, 0) is 0 Å². The van der Waals surface area contributed by atoms with Gasteiger partial charge in [0.05, 0.1) is 0 Å². The molecule has 1 aliphatic rings. The van der Waals surface area contributed by atoms with Crippen molar-refractivity contribution in [1.82, 2.24) is 5.32 Å². The van der Waals surface area contributed by atoms with Gasteiger partial charge in [0, 0.05) is 27.3 Å². The van der Waals surface area contributed by atoms with E-state index in [0.717, 1.165) is 28.6 Å². The van der Waals surface area contributed by atoms with Crippen LogP contribution in [0.25, 0.3) is 0 Å². The van der Waals surface area contributed by atoms with Gasteiger partial charge in [-0.3, -0.25) is 9.59 Å². The molecular formula is C18H17BrN2O2. The molecule has 3 rings (SSSR count). The Morgan fingerprint density at radius 2 is 1.61 bits per heavy atom. The highest BCUT2D eigenvalue weighted by Gasteiger charge is 2.23. The lowest BCUT2D eigenvalue weighted by Crippen LogP contribution is -2.25. The van der Waals surface area contributed by atoms with E-state index in [1.165, 1.54) is 0 Å². The topological polar surface area (TPSA) is 58.2 Å². The summed E-state index contributed by atoms with van der Waals surface area (Å²) < 4.78 is 0.971. The molecule has 0 atom stereocenters. The maximum absolute atomic E-state index is 12.3.